The lowest BCUT2D eigenvalue weighted by atomic mass is 10.1. The largest absolute Gasteiger partial charge is 0.489 e. The standard InChI is InChI=1S/C24H23NO5.CH4O.CH5P/c1-27-25-24(20-5-3-2-4-6-20)18-30-22-9-7-19(8-10-22)17-29-23-13-11-21(12-14-23)28-16-15-26;2*1-2/h2-15H,16-18H2,1H3;2H,1H3;2H2,1H3/b25-24+;;. The topological polar surface area (TPSA) is 86.6 Å². The zero-order valence-electron chi connectivity index (χ0n) is 19.7. The summed E-state index contributed by atoms with van der Waals surface area (Å²) in [4.78, 5) is 15.3. The Morgan fingerprint density at radius 3 is 1.91 bits per heavy atom. The Morgan fingerprint density at radius 1 is 0.824 bits per heavy atom. The van der Waals surface area contributed by atoms with Gasteiger partial charge in [-0.15, -0.1) is 9.24 Å². The van der Waals surface area contributed by atoms with Gasteiger partial charge in [0, 0.05) is 12.7 Å². The molecule has 0 aliphatic heterocycles. The molecule has 8 heteroatoms. The van der Waals surface area contributed by atoms with Gasteiger partial charge in [0.1, 0.15) is 49.9 Å². The van der Waals surface area contributed by atoms with Gasteiger partial charge in [-0.2, -0.15) is 0 Å². The third-order valence-electron chi connectivity index (χ3n) is 4.15. The van der Waals surface area contributed by atoms with E-state index in [9.17, 15) is 4.79 Å². The molecule has 3 aromatic carbocycles. The second-order valence-electron chi connectivity index (χ2n) is 6.26. The Hall–Kier alpha value is -3.41. The third kappa shape index (κ3) is 10.5. The predicted molar refractivity (Wildman–Crippen MR) is 138 cm³/mol. The van der Waals surface area contributed by atoms with Crippen LogP contribution in [0.25, 0.3) is 0 Å². The van der Waals surface area contributed by atoms with Crippen LogP contribution in [0.3, 0.4) is 0 Å². The monoisotopic (exact) mass is 485 g/mol. The van der Waals surface area contributed by atoms with Crippen LogP contribution in [0.1, 0.15) is 11.1 Å². The van der Waals surface area contributed by atoms with E-state index in [0.29, 0.717) is 31.0 Å². The molecule has 0 saturated carbocycles. The molecule has 0 bridgehead atoms. The summed E-state index contributed by atoms with van der Waals surface area (Å²) < 4.78 is 16.8. The van der Waals surface area contributed by atoms with Crippen molar-refractivity contribution in [1.82, 2.24) is 0 Å². The lowest BCUT2D eigenvalue weighted by molar-refractivity contribution is -0.109. The van der Waals surface area contributed by atoms with Crippen LogP contribution in [0.5, 0.6) is 17.2 Å². The Kier molecular flexibility index (Phi) is 15.2. The number of hydrogen-bond acceptors (Lipinski definition) is 7. The van der Waals surface area contributed by atoms with Crippen LogP contribution in [0.2, 0.25) is 0 Å². The molecule has 1 N–H and O–H groups in total. The number of carbonyl (C=O) groups excluding carboxylic acids is 1. The highest BCUT2D eigenvalue weighted by Gasteiger charge is 2.06. The number of aldehydes is 1. The van der Waals surface area contributed by atoms with Gasteiger partial charge in [-0.05, 0) is 42.0 Å². The van der Waals surface area contributed by atoms with E-state index in [1.165, 1.54) is 7.11 Å². The third-order valence-corrected chi connectivity index (χ3v) is 4.15. The van der Waals surface area contributed by atoms with E-state index in [4.69, 9.17) is 24.2 Å². The number of benzene rings is 3. The van der Waals surface area contributed by atoms with Gasteiger partial charge in [-0.25, -0.2) is 0 Å². The lowest BCUT2D eigenvalue weighted by Crippen LogP contribution is -2.13. The molecular formula is C26H32NO6P. The van der Waals surface area contributed by atoms with E-state index >= 15 is 0 Å². The van der Waals surface area contributed by atoms with E-state index in [0.717, 1.165) is 29.7 Å². The normalized spacial score (nSPS) is 9.97. The molecular weight excluding hydrogens is 453 g/mol. The zero-order valence-corrected chi connectivity index (χ0v) is 20.9. The number of rotatable bonds is 11. The molecule has 1 unspecified atom stereocenters. The van der Waals surface area contributed by atoms with Crippen LogP contribution in [0.15, 0.2) is 84.0 Å². The van der Waals surface area contributed by atoms with Gasteiger partial charge >= 0.3 is 0 Å². The van der Waals surface area contributed by atoms with Crippen LogP contribution in [-0.2, 0) is 16.2 Å². The number of ether oxygens (including phenoxy) is 3. The predicted octanol–water partition coefficient (Wildman–Crippen LogP) is 4.37. The molecule has 7 nitrogen and oxygen atoms in total. The fourth-order valence-electron chi connectivity index (χ4n) is 2.67. The summed E-state index contributed by atoms with van der Waals surface area (Å²) in [5.41, 5.74) is 2.68. The number of hydrogen-bond donors (Lipinski definition) is 1. The van der Waals surface area contributed by atoms with Gasteiger partial charge in [0.15, 0.2) is 6.29 Å². The molecule has 0 saturated heterocycles. The maximum atomic E-state index is 10.3. The Balaban J connectivity index is 0.00000137. The summed E-state index contributed by atoms with van der Waals surface area (Å²) in [6, 6.07) is 24.6. The highest BCUT2D eigenvalue weighted by molar-refractivity contribution is 7.15. The van der Waals surface area contributed by atoms with Crippen LogP contribution < -0.4 is 14.2 Å². The van der Waals surface area contributed by atoms with Crippen LogP contribution in [0.4, 0.5) is 0 Å². The number of carbonyl (C=O) groups is 1. The van der Waals surface area contributed by atoms with Gasteiger partial charge in [0.25, 0.3) is 0 Å². The van der Waals surface area contributed by atoms with E-state index in [1.807, 2.05) is 61.3 Å². The number of oxime groups is 1. The van der Waals surface area contributed by atoms with Gasteiger partial charge < -0.3 is 24.2 Å². The first kappa shape index (κ1) is 28.6. The van der Waals surface area contributed by atoms with E-state index in [-0.39, 0.29) is 6.61 Å². The summed E-state index contributed by atoms with van der Waals surface area (Å²) >= 11 is 0. The fraction of sp³-hybridized carbons (Fsp3) is 0.231. The summed E-state index contributed by atoms with van der Waals surface area (Å²) in [6.45, 7) is 2.68. The highest BCUT2D eigenvalue weighted by atomic mass is 31.0. The van der Waals surface area contributed by atoms with Crippen molar-refractivity contribution in [2.45, 2.75) is 6.61 Å². The quantitative estimate of drug-likeness (QED) is 0.188. The average molecular weight is 486 g/mol. The van der Waals surface area contributed by atoms with Crippen molar-refractivity contribution >= 4 is 21.2 Å². The average Bonchev–Trinajstić information content (AvgIpc) is 2.92. The zero-order chi connectivity index (χ0) is 25.0. The first-order chi connectivity index (χ1) is 16.8. The van der Waals surface area contributed by atoms with E-state index < -0.39 is 0 Å². The summed E-state index contributed by atoms with van der Waals surface area (Å²) in [5, 5.41) is 11.1. The Labute approximate surface area is 203 Å². The minimum atomic E-state index is 0.0405. The molecule has 3 rings (SSSR count). The molecule has 0 spiro atoms. The molecule has 0 radical (unpaired) electrons. The Bertz CT molecular complexity index is 947. The number of aliphatic hydroxyl groups excluding tert-OH is 1. The summed E-state index contributed by atoms with van der Waals surface area (Å²) in [7, 11) is 4.93. The summed E-state index contributed by atoms with van der Waals surface area (Å²) in [6.07, 6.45) is 0.713. The second-order valence-corrected chi connectivity index (χ2v) is 6.26. The number of aliphatic hydroxyl groups is 1. The molecule has 0 aliphatic rings. The van der Waals surface area contributed by atoms with Crippen molar-refractivity contribution in [2.24, 2.45) is 5.16 Å². The molecule has 0 aliphatic carbocycles. The minimum Gasteiger partial charge on any atom is -0.489 e. The van der Waals surface area contributed by atoms with Crippen molar-refractivity contribution in [3.8, 4) is 17.2 Å². The van der Waals surface area contributed by atoms with E-state index in [2.05, 4.69) is 14.4 Å². The molecule has 182 valence electrons. The van der Waals surface area contributed by atoms with Crippen molar-refractivity contribution < 1.29 is 28.9 Å². The van der Waals surface area contributed by atoms with Crippen molar-refractivity contribution in [2.75, 3.05) is 34.1 Å². The van der Waals surface area contributed by atoms with Gasteiger partial charge in [0.2, 0.25) is 0 Å². The SMILES string of the molecule is CO.CO/N=C(\COc1ccc(COc2ccc(OCC=O)cc2)cc1)c1ccccc1.CP. The molecule has 34 heavy (non-hydrogen) atoms. The van der Waals surface area contributed by atoms with Crippen LogP contribution in [-0.4, -0.2) is 51.2 Å². The van der Waals surface area contributed by atoms with Gasteiger partial charge in [-0.1, -0.05) is 54.3 Å². The van der Waals surface area contributed by atoms with Crippen molar-refractivity contribution in [3.63, 3.8) is 0 Å². The fourth-order valence-corrected chi connectivity index (χ4v) is 2.67. The molecule has 0 amide bonds. The first-order valence-corrected chi connectivity index (χ1v) is 11.6. The minimum absolute atomic E-state index is 0.0405. The van der Waals surface area contributed by atoms with Gasteiger partial charge in [-0.3, -0.25) is 4.79 Å². The van der Waals surface area contributed by atoms with Crippen LogP contribution in [0, 0.1) is 0 Å². The number of nitrogens with zero attached hydrogens (tertiary/aromatic N) is 1. The van der Waals surface area contributed by atoms with Crippen molar-refractivity contribution in [3.05, 3.63) is 90.0 Å². The van der Waals surface area contributed by atoms with Crippen LogP contribution >= 0.6 is 9.24 Å². The molecule has 0 fully saturated rings. The van der Waals surface area contributed by atoms with Crippen molar-refractivity contribution in [1.29, 1.82) is 0 Å². The van der Waals surface area contributed by atoms with E-state index in [1.54, 1.807) is 24.3 Å². The lowest BCUT2D eigenvalue weighted by Gasteiger charge is -2.10. The maximum Gasteiger partial charge on any atom is 0.157 e. The molecule has 3 aromatic rings. The maximum absolute atomic E-state index is 10.3. The molecule has 0 aromatic heterocycles. The first-order valence-electron chi connectivity index (χ1n) is 10.5. The Morgan fingerprint density at radius 2 is 1.35 bits per heavy atom. The smallest absolute Gasteiger partial charge is 0.157 e. The highest BCUT2D eigenvalue weighted by Crippen LogP contribution is 2.19. The van der Waals surface area contributed by atoms with Gasteiger partial charge in [0.05, 0.1) is 0 Å². The molecule has 1 atom stereocenters. The second kappa shape index (κ2) is 18.1. The molecule has 0 heterocycles. The summed E-state index contributed by atoms with van der Waals surface area (Å²) in [5.74, 6) is 2.08.